The Bertz CT molecular complexity index is 8130. The van der Waals surface area contributed by atoms with Gasteiger partial charge in [-0.15, -0.1) is 220 Å². The molecule has 150 heavy (non-hydrogen) atoms. The zero-order valence-electron chi connectivity index (χ0n) is 80.8. The van der Waals surface area contributed by atoms with E-state index in [2.05, 4.69) is 449 Å². The number of aliphatic imine (C=N–C) groups is 2. The van der Waals surface area contributed by atoms with Crippen molar-refractivity contribution < 1.29 is 84.3 Å². The van der Waals surface area contributed by atoms with Gasteiger partial charge in [0.2, 0.25) is 0 Å². The fourth-order valence-corrected chi connectivity index (χ4v) is 20.2. The maximum absolute atomic E-state index is 4.59. The number of pyridine rings is 4. The third kappa shape index (κ3) is 19.4. The van der Waals surface area contributed by atoms with E-state index in [1.54, 1.807) is 11.3 Å². The second-order valence-electron chi connectivity index (χ2n) is 35.9. The monoisotopic (exact) mass is 2650 g/mol. The van der Waals surface area contributed by atoms with Crippen LogP contribution >= 0.6 is 0 Å². The Morgan fingerprint density at radius 3 is 0.787 bits per heavy atom. The molecule has 0 N–H and O–H groups in total. The molecule has 20 aromatic rings. The SMILES string of the molecule is CN1C=CN(c2[c-]c3c(cc2)-c2ccccc2-c2ccccc2N3c2[c-]c(-c3ccccn3)ccc2)[CH-]1.CN1[CH-]N(c2[c-]c3c(cc2)-c2ccccc2-c2ccccc2N3c2[c-]c(-c3ccccn3)ccc2)C=N1.[Pt+2].[Pt+2].[Pt].[Pt].[c-]1c(-c2ccccn2)cccc1N1c2[c-]c(C3=NC=CC3)ccc2-c2ccccc2-c2ccccc21.[c-]1c(-c2ccccn2)cccc1N1c2[c-]c(C3=NC=CC3)ccc2-c2ccccc2-c2ccccc21. The molecular formula is C131H87N15Pt4-6. The van der Waals surface area contributed by atoms with Gasteiger partial charge in [0, 0.05) is 102 Å². The van der Waals surface area contributed by atoms with Crippen molar-refractivity contribution in [2.75, 3.05) is 43.5 Å². The van der Waals surface area contributed by atoms with Crippen LogP contribution in [-0.2, 0) is 84.3 Å². The molecule has 0 saturated heterocycles. The smallest absolute Gasteiger partial charge is 0.510 e. The predicted molar refractivity (Wildman–Crippen MR) is 593 cm³/mol. The van der Waals surface area contributed by atoms with E-state index in [0.29, 0.717) is 0 Å². The first kappa shape index (κ1) is 99.5. The van der Waals surface area contributed by atoms with E-state index < -0.39 is 0 Å². The molecule has 8 aliphatic rings. The van der Waals surface area contributed by atoms with Crippen molar-refractivity contribution in [2.45, 2.75) is 12.8 Å². The van der Waals surface area contributed by atoms with Crippen LogP contribution in [0.4, 0.5) is 79.6 Å². The van der Waals surface area contributed by atoms with Crippen molar-refractivity contribution in [3.8, 4) is 134 Å². The van der Waals surface area contributed by atoms with E-state index in [1.165, 1.54) is 61.2 Å². The van der Waals surface area contributed by atoms with Gasteiger partial charge in [-0.05, 0) is 178 Å². The first-order valence-electron chi connectivity index (χ1n) is 48.6. The number of aromatic nitrogens is 4. The quantitative estimate of drug-likeness (QED) is 0.109. The van der Waals surface area contributed by atoms with Crippen LogP contribution < -0.4 is 29.4 Å². The molecular weight excluding hydrogens is 2560 g/mol. The Balaban J connectivity index is 0.000000116. The van der Waals surface area contributed by atoms with E-state index in [4.69, 9.17) is 0 Å². The molecule has 4 aromatic heterocycles. The van der Waals surface area contributed by atoms with Gasteiger partial charge in [-0.25, -0.2) is 5.10 Å². The Morgan fingerprint density at radius 2 is 0.513 bits per heavy atom. The average Bonchev–Trinajstić information content (AvgIpc) is 1.61. The van der Waals surface area contributed by atoms with E-state index >= 15 is 0 Å². The molecule has 0 bridgehead atoms. The van der Waals surface area contributed by atoms with Crippen LogP contribution in [0.3, 0.4) is 0 Å². The summed E-state index contributed by atoms with van der Waals surface area (Å²) in [5.74, 6) is 0. The van der Waals surface area contributed by atoms with Gasteiger partial charge in [-0.3, -0.25) is 0 Å². The Kier molecular flexibility index (Phi) is 29.4. The number of fused-ring (bicyclic) bond motifs is 20. The van der Waals surface area contributed by atoms with Gasteiger partial charge in [0.15, 0.2) is 0 Å². The molecule has 0 amide bonds. The molecule has 0 atom stereocenters. The molecule has 12 heterocycles. The van der Waals surface area contributed by atoms with Gasteiger partial charge in [0.25, 0.3) is 0 Å². The Labute approximate surface area is 931 Å². The minimum absolute atomic E-state index is 0. The van der Waals surface area contributed by atoms with Crippen LogP contribution in [0.25, 0.3) is 134 Å². The topological polar surface area (TPSA) is 115 Å². The summed E-state index contributed by atoms with van der Waals surface area (Å²) < 4.78 is 0. The summed E-state index contributed by atoms with van der Waals surface area (Å²) in [6.45, 7) is 3.99. The summed E-state index contributed by atoms with van der Waals surface area (Å²) in [5.41, 5.74) is 44.2. The van der Waals surface area contributed by atoms with Crippen molar-refractivity contribution in [2.24, 2.45) is 15.1 Å². The van der Waals surface area contributed by atoms with E-state index in [9.17, 15) is 0 Å². The van der Waals surface area contributed by atoms with Gasteiger partial charge in [0.1, 0.15) is 0 Å². The molecule has 0 saturated carbocycles. The molecule has 16 aromatic carbocycles. The Morgan fingerprint density at radius 1 is 0.233 bits per heavy atom. The van der Waals surface area contributed by atoms with Gasteiger partial charge >= 0.3 is 42.1 Å². The summed E-state index contributed by atoms with van der Waals surface area (Å²) >= 11 is 0. The van der Waals surface area contributed by atoms with Crippen LogP contribution in [0.2, 0.25) is 0 Å². The van der Waals surface area contributed by atoms with Crippen LogP contribution in [-0.4, -0.2) is 61.7 Å². The minimum Gasteiger partial charge on any atom is -0.510 e. The molecule has 0 spiro atoms. The number of hydrogen-bond donors (Lipinski definition) is 0. The van der Waals surface area contributed by atoms with Crippen molar-refractivity contribution in [3.63, 3.8) is 0 Å². The van der Waals surface area contributed by atoms with Crippen molar-refractivity contribution in [3.05, 3.63) is 523 Å². The maximum atomic E-state index is 4.59. The number of benzene rings is 16. The molecule has 0 fully saturated rings. The number of anilines is 14. The van der Waals surface area contributed by atoms with Gasteiger partial charge < -0.3 is 69.2 Å². The van der Waals surface area contributed by atoms with E-state index in [-0.39, 0.29) is 84.3 Å². The summed E-state index contributed by atoms with van der Waals surface area (Å²) in [7, 11) is 3.94. The molecule has 0 radical (unpaired) electrons. The predicted octanol–water partition coefficient (Wildman–Crippen LogP) is 31.4. The van der Waals surface area contributed by atoms with Gasteiger partial charge in [0.05, 0.1) is 29.1 Å². The van der Waals surface area contributed by atoms with Crippen LogP contribution in [0.1, 0.15) is 24.0 Å². The molecule has 19 heteroatoms. The summed E-state index contributed by atoms with van der Waals surface area (Å²) in [5, 5.41) is 6.13. The number of hydrogen-bond acceptors (Lipinski definition) is 15. The van der Waals surface area contributed by atoms with Crippen LogP contribution in [0.5, 0.6) is 0 Å². The Hall–Kier alpha value is -16.5. The maximum Gasteiger partial charge on any atom is 2.00 e. The summed E-state index contributed by atoms with van der Waals surface area (Å²) in [6.07, 6.45) is 22.7. The number of hydrazone groups is 1. The standard InChI is InChI=1S/C33H23N4.2C33H21N3.C32H22N5.4Pt/c1-35-19-20-36(23-35)25-16-17-30-28-12-3-2-11-27(28)29-13-4-5-15-32(29)37(33(30)22-25)26-10-8-9-24(21-26)31-14-6-7-18-34-31;2*1-2-12-27-26(11-1)28-13-3-4-16-32(28)36(25-10-7-9-23(21-25)30-14-5-6-19-34-30)33-22-24(17-18-29(27)33)31-15-8-20-35-31;1-35-22-36(21-34-35)24-16-17-29-27-12-3-2-11-26(27)28-13-4-5-15-31(28)37(32(29)20-24)25-10-8-9-23(19-25)30-14-6-7-18-33-30;;;;/h2-20,23H,1H3;2*1-14,16-20H,15H2;2-18,21-22H,1H3;;;;/q-3;2*-2;-3;;;2*+2. The molecule has 732 valence electrons. The number of para-hydroxylation sites is 4. The molecule has 15 nitrogen and oxygen atoms in total. The molecule has 8 aliphatic heterocycles. The number of rotatable bonds is 12. The minimum atomic E-state index is 0. The molecule has 0 aliphatic carbocycles. The van der Waals surface area contributed by atoms with E-state index in [1.807, 2.05) is 147 Å². The fourth-order valence-electron chi connectivity index (χ4n) is 20.2. The number of allylic oxidation sites excluding steroid dienone is 2. The van der Waals surface area contributed by atoms with Gasteiger partial charge in [-0.2, -0.15) is 18.8 Å². The summed E-state index contributed by atoms with van der Waals surface area (Å²) in [6, 6.07) is 164. The largest absolute Gasteiger partial charge is 2.00 e. The van der Waals surface area contributed by atoms with Crippen molar-refractivity contribution in [1.82, 2.24) is 29.8 Å². The fraction of sp³-hybridized carbons (Fsp3) is 0.0305. The van der Waals surface area contributed by atoms with Gasteiger partial charge in [-0.1, -0.05) is 275 Å². The summed E-state index contributed by atoms with van der Waals surface area (Å²) in [4.78, 5) is 42.6. The second kappa shape index (κ2) is 44.3. The second-order valence-corrected chi connectivity index (χ2v) is 35.9. The number of nitrogens with zero attached hydrogens (tertiary/aromatic N) is 15. The third-order valence-corrected chi connectivity index (χ3v) is 26.9. The zero-order chi connectivity index (χ0) is 97.3. The molecule has 0 unspecified atom stereocenters. The van der Waals surface area contributed by atoms with Crippen LogP contribution in [0.15, 0.2) is 465 Å². The van der Waals surface area contributed by atoms with Crippen molar-refractivity contribution in [1.29, 1.82) is 0 Å². The first-order valence-corrected chi connectivity index (χ1v) is 48.6. The first-order chi connectivity index (χ1) is 72.2. The van der Waals surface area contributed by atoms with Crippen molar-refractivity contribution >= 4 is 97.4 Å². The van der Waals surface area contributed by atoms with E-state index in [0.717, 1.165) is 188 Å². The molecule has 28 rings (SSSR count). The zero-order valence-corrected chi connectivity index (χ0v) is 89.9. The van der Waals surface area contributed by atoms with Crippen LogP contribution in [0, 0.1) is 61.9 Å². The average molecular weight is 2650 g/mol. The third-order valence-electron chi connectivity index (χ3n) is 26.9. The normalized spacial score (nSPS) is 13.2.